The second-order valence-corrected chi connectivity index (χ2v) is 7.41. The van der Waals surface area contributed by atoms with Gasteiger partial charge in [-0.15, -0.1) is 10.2 Å². The molecule has 1 fully saturated rings. The summed E-state index contributed by atoms with van der Waals surface area (Å²) >= 11 is 6.09. The van der Waals surface area contributed by atoms with Crippen molar-refractivity contribution in [3.8, 4) is 0 Å². The first-order valence-electron chi connectivity index (χ1n) is 9.08. The minimum absolute atomic E-state index is 0.0290. The Morgan fingerprint density at radius 1 is 1.25 bits per heavy atom. The van der Waals surface area contributed by atoms with E-state index in [-0.39, 0.29) is 38.3 Å². The molecule has 0 N–H and O–H groups in total. The van der Waals surface area contributed by atoms with E-state index in [1.807, 2.05) is 6.07 Å². The van der Waals surface area contributed by atoms with Gasteiger partial charge in [0.1, 0.15) is 0 Å². The minimum atomic E-state index is -4.18. The van der Waals surface area contributed by atoms with Crippen LogP contribution >= 0.6 is 11.6 Å². The highest BCUT2D eigenvalue weighted by Gasteiger charge is 2.41. The van der Waals surface area contributed by atoms with Crippen LogP contribution in [0.3, 0.4) is 0 Å². The number of alkyl halides is 3. The van der Waals surface area contributed by atoms with E-state index in [9.17, 15) is 18.0 Å². The quantitative estimate of drug-likeness (QED) is 0.750. The van der Waals surface area contributed by atoms with E-state index in [0.717, 1.165) is 11.1 Å². The van der Waals surface area contributed by atoms with Crippen LogP contribution in [0, 0.1) is 12.8 Å². The van der Waals surface area contributed by atoms with E-state index in [0.29, 0.717) is 23.8 Å². The number of carbonyl (C=O) groups excluding carboxylic acids is 1. The van der Waals surface area contributed by atoms with Crippen LogP contribution in [0.25, 0.3) is 0 Å². The molecule has 0 saturated carbocycles. The van der Waals surface area contributed by atoms with Crippen molar-refractivity contribution < 1.29 is 18.0 Å². The number of carbonyl (C=O) groups is 1. The van der Waals surface area contributed by atoms with Crippen LogP contribution in [-0.2, 0) is 17.8 Å². The fourth-order valence-electron chi connectivity index (χ4n) is 3.38. The Labute approximate surface area is 165 Å². The van der Waals surface area contributed by atoms with E-state index in [2.05, 4.69) is 15.4 Å². The van der Waals surface area contributed by atoms with Crippen LogP contribution in [0.15, 0.2) is 18.2 Å². The first kappa shape index (κ1) is 20.6. The number of likely N-dealkylation sites (tertiary alicyclic amines) is 1. The van der Waals surface area contributed by atoms with Gasteiger partial charge >= 0.3 is 6.18 Å². The summed E-state index contributed by atoms with van der Waals surface area (Å²) in [6.07, 6.45) is -3.54. The Bertz CT molecular complexity index is 831. The van der Waals surface area contributed by atoms with E-state index < -0.39 is 12.1 Å². The Kier molecular flexibility index (Phi) is 6.22. The summed E-state index contributed by atoms with van der Waals surface area (Å²) < 4.78 is 38.3. The number of rotatable bonds is 5. The molecule has 6 nitrogen and oxygen atoms in total. The molecule has 3 rings (SSSR count). The van der Waals surface area contributed by atoms with Crippen molar-refractivity contribution in [2.75, 3.05) is 13.1 Å². The topological polar surface area (TPSA) is 63.9 Å². The van der Waals surface area contributed by atoms with E-state index in [1.54, 1.807) is 19.1 Å². The van der Waals surface area contributed by atoms with Gasteiger partial charge in [0, 0.05) is 24.5 Å². The molecule has 1 amide bonds. The van der Waals surface area contributed by atoms with Crippen LogP contribution < -0.4 is 0 Å². The Morgan fingerprint density at radius 2 is 1.96 bits per heavy atom. The highest BCUT2D eigenvalue weighted by Crippen LogP contribution is 2.34. The van der Waals surface area contributed by atoms with Crippen LogP contribution in [0.2, 0.25) is 5.02 Å². The maximum Gasteiger partial charge on any atom is 0.391 e. The molecule has 28 heavy (non-hydrogen) atoms. The van der Waals surface area contributed by atoms with E-state index >= 15 is 0 Å². The SMILES string of the molecule is Cc1nnn(Cc2cc(Cl)ccc2CCC(=O)N2CCC(C(F)(F)F)CC2)n1. The van der Waals surface area contributed by atoms with Gasteiger partial charge in [-0.1, -0.05) is 17.7 Å². The van der Waals surface area contributed by atoms with Gasteiger partial charge in [-0.05, 0) is 54.7 Å². The lowest BCUT2D eigenvalue weighted by molar-refractivity contribution is -0.186. The molecule has 10 heteroatoms. The lowest BCUT2D eigenvalue weighted by Crippen LogP contribution is -2.42. The van der Waals surface area contributed by atoms with Crippen molar-refractivity contribution in [1.82, 2.24) is 25.1 Å². The Hall–Kier alpha value is -2.16. The molecular formula is C18H21ClF3N5O. The van der Waals surface area contributed by atoms with Gasteiger partial charge in [0.2, 0.25) is 5.91 Å². The lowest BCUT2D eigenvalue weighted by Gasteiger charge is -2.33. The Morgan fingerprint density at radius 3 is 2.57 bits per heavy atom. The zero-order chi connectivity index (χ0) is 20.3. The van der Waals surface area contributed by atoms with Crippen LogP contribution in [-0.4, -0.2) is 50.3 Å². The molecule has 1 aliphatic heterocycles. The third-order valence-electron chi connectivity index (χ3n) is 4.95. The van der Waals surface area contributed by atoms with Gasteiger partial charge in [-0.25, -0.2) is 0 Å². The van der Waals surface area contributed by atoms with Crippen molar-refractivity contribution in [3.63, 3.8) is 0 Å². The standard InChI is InChI=1S/C18H21ClF3N5O/c1-12-23-25-27(24-12)11-14-10-16(19)4-2-13(14)3-5-17(28)26-8-6-15(7-9-26)18(20,21)22/h2,4,10,15H,3,5-9,11H2,1H3. The van der Waals surface area contributed by atoms with Gasteiger partial charge in [0.15, 0.2) is 5.82 Å². The predicted molar refractivity (Wildman–Crippen MR) is 96.8 cm³/mol. The average Bonchev–Trinajstić information content (AvgIpc) is 3.05. The molecule has 2 heterocycles. The largest absolute Gasteiger partial charge is 0.391 e. The van der Waals surface area contributed by atoms with Gasteiger partial charge in [-0.2, -0.15) is 18.0 Å². The zero-order valence-electron chi connectivity index (χ0n) is 15.4. The van der Waals surface area contributed by atoms with Gasteiger partial charge in [-0.3, -0.25) is 4.79 Å². The summed E-state index contributed by atoms with van der Waals surface area (Å²) in [7, 11) is 0. The molecule has 0 spiro atoms. The monoisotopic (exact) mass is 415 g/mol. The Balaban J connectivity index is 1.59. The van der Waals surface area contributed by atoms with Crippen molar-refractivity contribution in [2.45, 2.75) is 45.3 Å². The lowest BCUT2D eigenvalue weighted by atomic mass is 9.95. The number of amides is 1. The zero-order valence-corrected chi connectivity index (χ0v) is 16.2. The molecular weight excluding hydrogens is 395 g/mol. The van der Waals surface area contributed by atoms with Crippen molar-refractivity contribution in [1.29, 1.82) is 0 Å². The molecule has 0 unspecified atom stereocenters. The summed E-state index contributed by atoms with van der Waals surface area (Å²) in [6, 6.07) is 5.40. The summed E-state index contributed by atoms with van der Waals surface area (Å²) in [5.74, 6) is -0.879. The number of benzene rings is 1. The molecule has 0 atom stereocenters. The number of hydrogen-bond donors (Lipinski definition) is 0. The maximum atomic E-state index is 12.8. The summed E-state index contributed by atoms with van der Waals surface area (Å²) in [5, 5.41) is 12.5. The number of halogens is 4. The van der Waals surface area contributed by atoms with Crippen molar-refractivity contribution in [3.05, 3.63) is 40.2 Å². The van der Waals surface area contributed by atoms with Crippen molar-refractivity contribution in [2.24, 2.45) is 5.92 Å². The molecule has 0 radical (unpaired) electrons. The number of tetrazole rings is 1. The van der Waals surface area contributed by atoms with Crippen LogP contribution in [0.1, 0.15) is 36.2 Å². The summed E-state index contributed by atoms with van der Waals surface area (Å²) in [4.78, 5) is 15.4. The fraction of sp³-hybridized carbons (Fsp3) is 0.556. The third kappa shape index (κ3) is 5.21. The number of aromatic nitrogens is 4. The minimum Gasteiger partial charge on any atom is -0.343 e. The summed E-state index contributed by atoms with van der Waals surface area (Å²) in [6.45, 7) is 2.42. The first-order valence-corrected chi connectivity index (χ1v) is 9.46. The molecule has 2 aromatic rings. The van der Waals surface area contributed by atoms with Crippen LogP contribution in [0.5, 0.6) is 0 Å². The number of piperidine rings is 1. The molecule has 1 aromatic heterocycles. The fourth-order valence-corrected chi connectivity index (χ4v) is 3.58. The number of nitrogens with zero attached hydrogens (tertiary/aromatic N) is 5. The van der Waals surface area contributed by atoms with Gasteiger partial charge in [0.25, 0.3) is 0 Å². The second-order valence-electron chi connectivity index (χ2n) is 6.98. The van der Waals surface area contributed by atoms with Crippen LogP contribution in [0.4, 0.5) is 13.2 Å². The third-order valence-corrected chi connectivity index (χ3v) is 5.19. The highest BCUT2D eigenvalue weighted by molar-refractivity contribution is 6.30. The summed E-state index contributed by atoms with van der Waals surface area (Å²) in [5.41, 5.74) is 1.81. The molecule has 1 saturated heterocycles. The highest BCUT2D eigenvalue weighted by atomic mass is 35.5. The second kappa shape index (κ2) is 8.46. The van der Waals surface area contributed by atoms with Gasteiger partial charge in [0.05, 0.1) is 12.5 Å². The average molecular weight is 416 g/mol. The number of aryl methyl sites for hydroxylation is 2. The number of hydrogen-bond acceptors (Lipinski definition) is 4. The predicted octanol–water partition coefficient (Wildman–Crippen LogP) is 3.42. The first-order chi connectivity index (χ1) is 13.2. The molecule has 0 bridgehead atoms. The molecule has 1 aliphatic rings. The van der Waals surface area contributed by atoms with Gasteiger partial charge < -0.3 is 4.90 Å². The normalized spacial score (nSPS) is 15.8. The van der Waals surface area contributed by atoms with E-state index in [4.69, 9.17) is 11.6 Å². The maximum absolute atomic E-state index is 12.8. The molecule has 152 valence electrons. The molecule has 0 aliphatic carbocycles. The molecule has 1 aromatic carbocycles. The van der Waals surface area contributed by atoms with Crippen molar-refractivity contribution >= 4 is 17.5 Å². The smallest absolute Gasteiger partial charge is 0.343 e. The van der Waals surface area contributed by atoms with E-state index in [1.165, 1.54) is 9.70 Å².